The first kappa shape index (κ1) is 14.0. The van der Waals surface area contributed by atoms with Gasteiger partial charge in [-0.2, -0.15) is 0 Å². The van der Waals surface area contributed by atoms with E-state index in [9.17, 15) is 0 Å². The van der Waals surface area contributed by atoms with Gasteiger partial charge in [0.05, 0.1) is 12.6 Å². The molecule has 0 saturated carbocycles. The number of aliphatic imine (C=N–C) groups is 1. The van der Waals surface area contributed by atoms with Crippen LogP contribution >= 0.6 is 12.4 Å². The highest BCUT2D eigenvalue weighted by molar-refractivity contribution is 5.99. The number of hydrogen-bond donors (Lipinski definition) is 1. The van der Waals surface area contributed by atoms with E-state index in [-0.39, 0.29) is 12.4 Å². The van der Waals surface area contributed by atoms with Crippen LogP contribution in [0, 0.1) is 0 Å². The molecule has 108 valence electrons. The number of benzene rings is 2. The number of nitrogens with one attached hydrogen (secondary N) is 1. The van der Waals surface area contributed by atoms with Crippen molar-refractivity contribution in [2.75, 3.05) is 18.5 Å². The van der Waals surface area contributed by atoms with Crippen molar-refractivity contribution in [2.24, 2.45) is 4.99 Å². The summed E-state index contributed by atoms with van der Waals surface area (Å²) in [6.45, 7) is 0.821. The van der Waals surface area contributed by atoms with Crippen molar-refractivity contribution in [1.29, 1.82) is 0 Å². The third-order valence-corrected chi connectivity index (χ3v) is 4.22. The molecule has 4 heteroatoms. The van der Waals surface area contributed by atoms with E-state index < -0.39 is 0 Å². The number of halogens is 1. The molecule has 3 nitrogen and oxygen atoms in total. The number of fused-ring (bicyclic) bond motifs is 5. The molecule has 0 bridgehead atoms. The number of nitrogens with zero attached hydrogens (tertiary/aromatic N) is 2. The van der Waals surface area contributed by atoms with Gasteiger partial charge in [-0.3, -0.25) is 4.99 Å². The first-order valence-corrected chi connectivity index (χ1v) is 7.05. The Balaban J connectivity index is 0.00000132. The van der Waals surface area contributed by atoms with Crippen molar-refractivity contribution in [2.45, 2.75) is 12.5 Å². The number of guanidine groups is 1. The minimum absolute atomic E-state index is 0. The quantitative estimate of drug-likeness (QED) is 0.809. The van der Waals surface area contributed by atoms with Gasteiger partial charge in [-0.05, 0) is 29.2 Å². The number of para-hydroxylation sites is 1. The molecule has 0 radical (unpaired) electrons. The van der Waals surface area contributed by atoms with E-state index in [0.29, 0.717) is 6.04 Å². The molecular weight excluding hydrogens is 282 g/mol. The third kappa shape index (κ3) is 2.09. The summed E-state index contributed by atoms with van der Waals surface area (Å²) in [6, 6.07) is 17.7. The smallest absolute Gasteiger partial charge is 0.198 e. The second-order valence-electron chi connectivity index (χ2n) is 5.30. The van der Waals surface area contributed by atoms with E-state index in [1.165, 1.54) is 22.4 Å². The topological polar surface area (TPSA) is 27.6 Å². The lowest BCUT2D eigenvalue weighted by Gasteiger charge is -2.27. The lowest BCUT2D eigenvalue weighted by atomic mass is 9.97. The van der Waals surface area contributed by atoms with E-state index in [4.69, 9.17) is 0 Å². The van der Waals surface area contributed by atoms with Gasteiger partial charge in [-0.25, -0.2) is 0 Å². The average molecular weight is 300 g/mol. The van der Waals surface area contributed by atoms with E-state index in [0.717, 1.165) is 18.9 Å². The molecule has 2 aliphatic rings. The van der Waals surface area contributed by atoms with Gasteiger partial charge < -0.3 is 10.2 Å². The summed E-state index contributed by atoms with van der Waals surface area (Å²) in [6.07, 6.45) is 0.996. The van der Waals surface area contributed by atoms with Gasteiger partial charge in [0.25, 0.3) is 0 Å². The molecule has 4 rings (SSSR count). The zero-order valence-electron chi connectivity index (χ0n) is 11.9. The molecule has 21 heavy (non-hydrogen) atoms. The van der Waals surface area contributed by atoms with Crippen molar-refractivity contribution in [3.8, 4) is 0 Å². The Hall–Kier alpha value is -2.00. The van der Waals surface area contributed by atoms with Gasteiger partial charge in [0, 0.05) is 12.7 Å². The molecule has 0 aliphatic carbocycles. The molecule has 2 heterocycles. The van der Waals surface area contributed by atoms with Crippen LogP contribution in [0.1, 0.15) is 22.7 Å². The van der Waals surface area contributed by atoms with Crippen LogP contribution in [-0.4, -0.2) is 19.6 Å². The molecule has 0 amide bonds. The van der Waals surface area contributed by atoms with Gasteiger partial charge in [0.15, 0.2) is 5.96 Å². The lowest BCUT2D eigenvalue weighted by Crippen LogP contribution is -2.38. The van der Waals surface area contributed by atoms with Gasteiger partial charge in [0.2, 0.25) is 0 Å². The van der Waals surface area contributed by atoms with Crippen LogP contribution in [0.2, 0.25) is 0 Å². The number of rotatable bonds is 0. The summed E-state index contributed by atoms with van der Waals surface area (Å²) >= 11 is 0. The van der Waals surface area contributed by atoms with Crippen molar-refractivity contribution in [1.82, 2.24) is 5.32 Å². The molecule has 0 fully saturated rings. The maximum absolute atomic E-state index is 4.67. The highest BCUT2D eigenvalue weighted by atomic mass is 35.5. The maximum atomic E-state index is 4.67. The lowest BCUT2D eigenvalue weighted by molar-refractivity contribution is 0.765. The Morgan fingerprint density at radius 2 is 1.76 bits per heavy atom. The van der Waals surface area contributed by atoms with Crippen LogP contribution in [0.25, 0.3) is 0 Å². The zero-order valence-corrected chi connectivity index (χ0v) is 12.7. The summed E-state index contributed by atoms with van der Waals surface area (Å²) in [4.78, 5) is 7.02. The highest BCUT2D eigenvalue weighted by Gasteiger charge is 2.34. The van der Waals surface area contributed by atoms with Crippen LogP contribution < -0.4 is 10.2 Å². The molecule has 1 atom stereocenters. The Morgan fingerprint density at radius 1 is 1.05 bits per heavy atom. The van der Waals surface area contributed by atoms with E-state index in [1.54, 1.807) is 0 Å². The van der Waals surface area contributed by atoms with Crippen LogP contribution in [-0.2, 0) is 6.42 Å². The van der Waals surface area contributed by atoms with Gasteiger partial charge in [-0.1, -0.05) is 42.5 Å². The molecule has 0 saturated heterocycles. The Morgan fingerprint density at radius 3 is 2.57 bits per heavy atom. The fourth-order valence-electron chi connectivity index (χ4n) is 3.32. The summed E-state index contributed by atoms with van der Waals surface area (Å²) < 4.78 is 0. The summed E-state index contributed by atoms with van der Waals surface area (Å²) in [5.74, 6) is 0.971. The fourth-order valence-corrected chi connectivity index (χ4v) is 3.32. The molecule has 1 N–H and O–H groups in total. The molecule has 2 aromatic carbocycles. The zero-order chi connectivity index (χ0) is 13.5. The molecular formula is C17H18ClN3. The number of anilines is 1. The molecule has 0 spiro atoms. The summed E-state index contributed by atoms with van der Waals surface area (Å²) in [7, 11) is 1.95. The van der Waals surface area contributed by atoms with Gasteiger partial charge in [-0.15, -0.1) is 12.4 Å². The number of hydrogen-bond acceptors (Lipinski definition) is 3. The summed E-state index contributed by atoms with van der Waals surface area (Å²) in [5, 5.41) is 3.24. The largest absolute Gasteiger partial charge is 0.359 e. The molecule has 0 aromatic heterocycles. The highest BCUT2D eigenvalue weighted by Crippen LogP contribution is 2.39. The SMILES string of the molecule is CNC1=NCC2c3ccccc3Cc3ccccc3N12.Cl. The van der Waals surface area contributed by atoms with Crippen molar-refractivity contribution >= 4 is 24.1 Å². The standard InChI is InChI=1S/C17H17N3.ClH/c1-18-17-19-11-16-14-8-4-2-6-12(14)10-13-7-3-5-9-15(13)20(16)17;/h2-9,16H,10-11H2,1H3,(H,18,19);1H. The third-order valence-electron chi connectivity index (χ3n) is 4.22. The van der Waals surface area contributed by atoms with Crippen LogP contribution in [0.3, 0.4) is 0 Å². The average Bonchev–Trinajstić information content (AvgIpc) is 2.86. The van der Waals surface area contributed by atoms with E-state index in [2.05, 4.69) is 63.7 Å². The predicted octanol–water partition coefficient (Wildman–Crippen LogP) is 3.15. The van der Waals surface area contributed by atoms with Crippen molar-refractivity contribution in [3.63, 3.8) is 0 Å². The Bertz CT molecular complexity index is 696. The minimum Gasteiger partial charge on any atom is -0.359 e. The predicted molar refractivity (Wildman–Crippen MR) is 89.5 cm³/mol. The molecule has 1 unspecified atom stereocenters. The molecule has 2 aromatic rings. The van der Waals surface area contributed by atoms with Crippen LogP contribution in [0.5, 0.6) is 0 Å². The monoisotopic (exact) mass is 299 g/mol. The Kier molecular flexibility index (Phi) is 3.60. The summed E-state index contributed by atoms with van der Waals surface area (Å²) in [5.41, 5.74) is 5.46. The van der Waals surface area contributed by atoms with Crippen molar-refractivity contribution in [3.05, 3.63) is 65.2 Å². The van der Waals surface area contributed by atoms with Crippen LogP contribution in [0.15, 0.2) is 53.5 Å². The second-order valence-corrected chi connectivity index (χ2v) is 5.30. The van der Waals surface area contributed by atoms with E-state index >= 15 is 0 Å². The Labute approximate surface area is 131 Å². The normalized spacial score (nSPS) is 18.6. The van der Waals surface area contributed by atoms with Crippen molar-refractivity contribution < 1.29 is 0 Å². The van der Waals surface area contributed by atoms with Gasteiger partial charge >= 0.3 is 0 Å². The maximum Gasteiger partial charge on any atom is 0.198 e. The second kappa shape index (κ2) is 5.41. The minimum atomic E-state index is 0. The van der Waals surface area contributed by atoms with E-state index in [1.807, 2.05) is 7.05 Å². The van der Waals surface area contributed by atoms with Gasteiger partial charge in [0.1, 0.15) is 0 Å². The molecule has 2 aliphatic heterocycles. The fraction of sp³-hybridized carbons (Fsp3) is 0.235. The first-order chi connectivity index (χ1) is 9.88. The first-order valence-electron chi connectivity index (χ1n) is 7.05. The van der Waals surface area contributed by atoms with Crippen LogP contribution in [0.4, 0.5) is 5.69 Å².